The third-order valence-corrected chi connectivity index (χ3v) is 0. The summed E-state index contributed by atoms with van der Waals surface area (Å²) in [6, 6.07) is 0. The Bertz CT molecular complexity index is 25.2. The van der Waals surface area contributed by atoms with Gasteiger partial charge in [0.2, 0.25) is 0 Å². The van der Waals surface area contributed by atoms with Crippen molar-refractivity contribution in [2.75, 3.05) is 0 Å². The van der Waals surface area contributed by atoms with Gasteiger partial charge in [0.25, 0.3) is 0 Å². The summed E-state index contributed by atoms with van der Waals surface area (Å²) in [5, 5.41) is 0. The van der Waals surface area contributed by atoms with Crippen molar-refractivity contribution in [1.29, 1.82) is 0 Å². The molecule has 0 spiro atoms. The van der Waals surface area contributed by atoms with Gasteiger partial charge in [-0.25, -0.2) is 0 Å². The minimum atomic E-state index is -7.34. The zero-order valence-electron chi connectivity index (χ0n) is 3.01. The SMILES string of the molecule is O.O.[F][U]([F])([F])[F]. The second-order valence-electron chi connectivity index (χ2n) is 0.429. The molecule has 0 aromatic heterocycles. The van der Waals surface area contributed by atoms with Crippen LogP contribution in [0.1, 0.15) is 0 Å². The van der Waals surface area contributed by atoms with Crippen molar-refractivity contribution in [3.63, 3.8) is 0 Å². The maximum absolute atomic E-state index is 9.92. The number of hydrogen-bond donors (Lipinski definition) is 0. The van der Waals surface area contributed by atoms with E-state index in [1.54, 1.807) is 0 Å². The molecule has 0 saturated heterocycles. The van der Waals surface area contributed by atoms with Crippen LogP contribution in [-0.2, 0) is 0 Å². The molecular formula is H4F4O2U. The molecule has 0 aliphatic carbocycles. The summed E-state index contributed by atoms with van der Waals surface area (Å²) in [6.45, 7) is 0. The molecule has 0 saturated carbocycles. The average molecular weight is 350 g/mol. The first-order valence-corrected chi connectivity index (χ1v) is 7.05. The van der Waals surface area contributed by atoms with Gasteiger partial charge in [-0.3, -0.25) is 0 Å². The van der Waals surface area contributed by atoms with Crippen LogP contribution in [0.2, 0.25) is 0 Å². The molecule has 0 aliphatic rings. The van der Waals surface area contributed by atoms with Gasteiger partial charge in [0.1, 0.15) is 0 Å². The fourth-order valence-electron chi connectivity index (χ4n) is 0. The van der Waals surface area contributed by atoms with Crippen LogP contribution in [0.5, 0.6) is 0 Å². The molecule has 7 heavy (non-hydrogen) atoms. The molecule has 48 valence electrons. The molecule has 0 rings (SSSR count). The van der Waals surface area contributed by atoms with E-state index in [2.05, 4.69) is 0 Å². The summed E-state index contributed by atoms with van der Waals surface area (Å²) >= 11 is -7.34. The molecule has 0 bridgehead atoms. The van der Waals surface area contributed by atoms with E-state index in [-0.39, 0.29) is 11.0 Å². The van der Waals surface area contributed by atoms with Crippen LogP contribution in [0.3, 0.4) is 0 Å². The summed E-state index contributed by atoms with van der Waals surface area (Å²) in [5.74, 6) is 0. The van der Waals surface area contributed by atoms with Gasteiger partial charge >= 0.3 is 35.5 Å². The molecular weight excluding hydrogens is 346 g/mol. The van der Waals surface area contributed by atoms with Crippen LogP contribution in [0, 0.1) is 27.1 Å². The van der Waals surface area contributed by atoms with E-state index >= 15 is 0 Å². The van der Waals surface area contributed by atoms with Crippen molar-refractivity contribution < 1.29 is 46.4 Å². The summed E-state index contributed by atoms with van der Waals surface area (Å²) in [6.07, 6.45) is 0. The van der Waals surface area contributed by atoms with Gasteiger partial charge < -0.3 is 11.0 Å². The Balaban J connectivity index is -0.0000000800. The molecule has 0 aromatic carbocycles. The molecule has 0 fully saturated rings. The van der Waals surface area contributed by atoms with E-state index in [0.717, 1.165) is 0 Å². The zero-order valence-corrected chi connectivity index (χ0v) is 7.18. The molecule has 0 atom stereocenters. The van der Waals surface area contributed by atoms with E-state index in [4.69, 9.17) is 0 Å². The van der Waals surface area contributed by atoms with Gasteiger partial charge in [-0.15, -0.1) is 0 Å². The standard InChI is InChI=1S/4FH.2H2O.U/h4*1H;2*1H2;/q;;;;;;+4/p-4. The zero-order chi connectivity index (χ0) is 4.50. The first-order valence-electron chi connectivity index (χ1n) is 0.756. The van der Waals surface area contributed by atoms with Crippen molar-refractivity contribution in [3.8, 4) is 0 Å². The van der Waals surface area contributed by atoms with Crippen LogP contribution in [0.15, 0.2) is 0 Å². The Kier molecular flexibility index (Phi) is 10.8. The van der Waals surface area contributed by atoms with E-state index in [0.29, 0.717) is 0 Å². The van der Waals surface area contributed by atoms with Crippen LogP contribution < -0.4 is 0 Å². The predicted molar refractivity (Wildman–Crippen MR) is 11.7 cm³/mol. The van der Waals surface area contributed by atoms with Gasteiger partial charge in [-0.2, -0.15) is 0 Å². The molecule has 0 amide bonds. The van der Waals surface area contributed by atoms with E-state index in [9.17, 15) is 8.40 Å². The number of hydrogen-bond acceptors (Lipinski definition) is 0. The van der Waals surface area contributed by atoms with Crippen molar-refractivity contribution >= 4 is 0 Å². The molecule has 0 unspecified atom stereocenters. The second-order valence-corrected chi connectivity index (χ2v) is 4.00. The van der Waals surface area contributed by atoms with Gasteiger partial charge in [0, 0.05) is 0 Å². The van der Waals surface area contributed by atoms with Gasteiger partial charge in [0.15, 0.2) is 0 Å². The molecule has 7 heteroatoms. The fourth-order valence-corrected chi connectivity index (χ4v) is 0. The molecule has 0 aromatic rings. The van der Waals surface area contributed by atoms with Crippen LogP contribution >= 0.6 is 0 Å². The molecule has 0 radical (unpaired) electrons. The Morgan fingerprint density at radius 3 is 0.714 bits per heavy atom. The molecule has 2 nitrogen and oxygen atoms in total. The first kappa shape index (κ1) is 15.6. The van der Waals surface area contributed by atoms with Crippen molar-refractivity contribution in [2.45, 2.75) is 0 Å². The van der Waals surface area contributed by atoms with Crippen LogP contribution in [0.4, 0.5) is 8.40 Å². The average Bonchev–Trinajstić information content (AvgIpc) is 0.722. The van der Waals surface area contributed by atoms with Crippen LogP contribution in [0.25, 0.3) is 0 Å². The quantitative estimate of drug-likeness (QED) is 0.554. The van der Waals surface area contributed by atoms with Gasteiger partial charge in [0.05, 0.1) is 0 Å². The van der Waals surface area contributed by atoms with Crippen molar-refractivity contribution in [3.05, 3.63) is 0 Å². The van der Waals surface area contributed by atoms with Crippen LogP contribution in [-0.4, -0.2) is 11.0 Å². The Hall–Kier alpha value is 0.692. The Morgan fingerprint density at radius 1 is 0.714 bits per heavy atom. The monoisotopic (exact) mass is 350 g/mol. The molecule has 0 heterocycles. The Morgan fingerprint density at radius 2 is 0.714 bits per heavy atom. The normalized spacial score (nSPS) is 8.57. The summed E-state index contributed by atoms with van der Waals surface area (Å²) in [4.78, 5) is 0. The minimum absolute atomic E-state index is 0. The fraction of sp³-hybridized carbons (Fsp3) is 0. The van der Waals surface area contributed by atoms with Crippen molar-refractivity contribution in [1.82, 2.24) is 0 Å². The van der Waals surface area contributed by atoms with E-state index in [1.807, 2.05) is 0 Å². The summed E-state index contributed by atoms with van der Waals surface area (Å²) in [7, 11) is 0. The van der Waals surface area contributed by atoms with Gasteiger partial charge in [-0.1, -0.05) is 0 Å². The van der Waals surface area contributed by atoms with E-state index < -0.39 is 27.1 Å². The Labute approximate surface area is 46.7 Å². The maximum atomic E-state index is 9.92. The molecule has 0 aliphatic heterocycles. The topological polar surface area (TPSA) is 63.0 Å². The number of rotatable bonds is 0. The van der Waals surface area contributed by atoms with Gasteiger partial charge in [-0.05, 0) is 0 Å². The number of halogens is 4. The third-order valence-electron chi connectivity index (χ3n) is 0. The van der Waals surface area contributed by atoms with E-state index in [1.165, 1.54) is 0 Å². The second kappa shape index (κ2) is 4.84. The predicted octanol–water partition coefficient (Wildman–Crippen LogP) is 0.0314. The molecule has 4 N–H and O–H groups in total. The van der Waals surface area contributed by atoms with Crippen molar-refractivity contribution in [2.24, 2.45) is 0 Å². The summed E-state index contributed by atoms with van der Waals surface area (Å²) < 4.78 is 39.7. The summed E-state index contributed by atoms with van der Waals surface area (Å²) in [5.41, 5.74) is 0. The first-order chi connectivity index (χ1) is 2.00. The third kappa shape index (κ3) is 308.